The standard InChI is InChI=1S/2C10H13N3O2S/c2*1-2-15-8-5-3-4-7(9(8)14)6-12-13-10(11)16/h2*3-6,14H,2H2,1H3,(H3,11,13,16)/b2*12-6+. The second-order valence-electron chi connectivity index (χ2n) is 5.72. The maximum absolute atomic E-state index is 9.78. The smallest absolute Gasteiger partial charge is 0.184 e. The zero-order valence-electron chi connectivity index (χ0n) is 17.6. The van der Waals surface area contributed by atoms with Gasteiger partial charge in [-0.15, -0.1) is 0 Å². The van der Waals surface area contributed by atoms with Crippen molar-refractivity contribution in [3.05, 3.63) is 47.5 Å². The molecule has 0 aliphatic rings. The zero-order chi connectivity index (χ0) is 23.9. The van der Waals surface area contributed by atoms with E-state index in [9.17, 15) is 10.2 Å². The number of rotatable bonds is 8. The maximum Gasteiger partial charge on any atom is 0.184 e. The summed E-state index contributed by atoms with van der Waals surface area (Å²) in [4.78, 5) is 0. The van der Waals surface area contributed by atoms with Crippen molar-refractivity contribution in [2.75, 3.05) is 13.2 Å². The molecule has 0 heterocycles. The lowest BCUT2D eigenvalue weighted by molar-refractivity contribution is 0.318. The average molecular weight is 479 g/mol. The highest BCUT2D eigenvalue weighted by molar-refractivity contribution is 7.80. The van der Waals surface area contributed by atoms with Crippen LogP contribution in [0.5, 0.6) is 23.0 Å². The number of nitrogens with one attached hydrogen (secondary N) is 2. The molecular formula is C20H26N6O4S2. The lowest BCUT2D eigenvalue weighted by Crippen LogP contribution is -2.24. The zero-order valence-corrected chi connectivity index (χ0v) is 19.2. The van der Waals surface area contributed by atoms with E-state index in [1.807, 2.05) is 13.8 Å². The molecule has 0 amide bonds. The number of nitrogens with zero attached hydrogens (tertiary/aromatic N) is 2. The van der Waals surface area contributed by atoms with Crippen molar-refractivity contribution in [1.82, 2.24) is 10.9 Å². The van der Waals surface area contributed by atoms with E-state index >= 15 is 0 Å². The van der Waals surface area contributed by atoms with Crippen LogP contribution in [0.15, 0.2) is 46.6 Å². The first-order valence-corrected chi connectivity index (χ1v) is 10.2. The van der Waals surface area contributed by atoms with Crippen molar-refractivity contribution in [2.45, 2.75) is 13.8 Å². The van der Waals surface area contributed by atoms with Gasteiger partial charge in [0.1, 0.15) is 0 Å². The van der Waals surface area contributed by atoms with E-state index in [0.717, 1.165) is 0 Å². The molecule has 0 fully saturated rings. The number of hydrazone groups is 2. The minimum atomic E-state index is 0.0397. The molecule has 2 aromatic carbocycles. The molecule has 172 valence electrons. The number of para-hydroxylation sites is 2. The van der Waals surface area contributed by atoms with Gasteiger partial charge in [-0.3, -0.25) is 10.9 Å². The molecule has 0 saturated carbocycles. The van der Waals surface area contributed by atoms with Gasteiger partial charge in [-0.05, 0) is 62.5 Å². The Hall–Kier alpha value is -3.64. The fourth-order valence-electron chi connectivity index (χ4n) is 2.16. The molecule has 0 atom stereocenters. The minimum Gasteiger partial charge on any atom is -0.504 e. The molecule has 0 bridgehead atoms. The van der Waals surface area contributed by atoms with Crippen LogP contribution in [-0.2, 0) is 0 Å². The summed E-state index contributed by atoms with van der Waals surface area (Å²) in [5.41, 5.74) is 16.2. The normalized spacial score (nSPS) is 10.3. The quantitative estimate of drug-likeness (QED) is 0.188. The Balaban J connectivity index is 0.000000320. The Labute approximate surface area is 196 Å². The Bertz CT molecular complexity index is 892. The second kappa shape index (κ2) is 14.4. The summed E-state index contributed by atoms with van der Waals surface area (Å²) in [7, 11) is 0. The van der Waals surface area contributed by atoms with Crippen LogP contribution in [-0.4, -0.2) is 46.1 Å². The molecule has 10 nitrogen and oxygen atoms in total. The average Bonchev–Trinajstić information content (AvgIpc) is 2.74. The predicted molar refractivity (Wildman–Crippen MR) is 134 cm³/mol. The van der Waals surface area contributed by atoms with E-state index in [-0.39, 0.29) is 21.7 Å². The Kier molecular flexibility index (Phi) is 11.9. The van der Waals surface area contributed by atoms with Gasteiger partial charge >= 0.3 is 0 Å². The van der Waals surface area contributed by atoms with Gasteiger partial charge in [0, 0.05) is 11.1 Å². The van der Waals surface area contributed by atoms with Gasteiger partial charge in [0.15, 0.2) is 33.2 Å². The molecule has 0 spiro atoms. The third-order valence-corrected chi connectivity index (χ3v) is 3.60. The van der Waals surface area contributed by atoms with Crippen molar-refractivity contribution in [3.8, 4) is 23.0 Å². The van der Waals surface area contributed by atoms with Crippen LogP contribution in [0.1, 0.15) is 25.0 Å². The predicted octanol–water partition coefficient (Wildman–Crippen LogP) is 1.92. The summed E-state index contributed by atoms with van der Waals surface area (Å²) in [6, 6.07) is 10.3. The van der Waals surface area contributed by atoms with Crippen molar-refractivity contribution < 1.29 is 19.7 Å². The van der Waals surface area contributed by atoms with Gasteiger partial charge < -0.3 is 31.2 Å². The first kappa shape index (κ1) is 26.4. The first-order chi connectivity index (χ1) is 15.3. The molecule has 0 aliphatic heterocycles. The molecule has 2 aromatic rings. The van der Waals surface area contributed by atoms with E-state index in [4.69, 9.17) is 20.9 Å². The fourth-order valence-corrected chi connectivity index (χ4v) is 2.27. The lowest BCUT2D eigenvalue weighted by Gasteiger charge is -2.06. The highest BCUT2D eigenvalue weighted by atomic mass is 32.1. The third-order valence-electron chi connectivity index (χ3n) is 3.42. The number of aromatic hydroxyl groups is 2. The molecule has 32 heavy (non-hydrogen) atoms. The summed E-state index contributed by atoms with van der Waals surface area (Å²) >= 11 is 9.15. The number of phenolic OH excluding ortho intramolecular Hbond substituents is 2. The molecule has 0 aliphatic carbocycles. The summed E-state index contributed by atoms with van der Waals surface area (Å²) in [5.74, 6) is 0.916. The van der Waals surface area contributed by atoms with E-state index in [2.05, 4.69) is 45.5 Å². The Morgan fingerprint density at radius 1 is 0.844 bits per heavy atom. The lowest BCUT2D eigenvalue weighted by atomic mass is 10.2. The van der Waals surface area contributed by atoms with Crippen LogP contribution in [0.25, 0.3) is 0 Å². The van der Waals surface area contributed by atoms with Gasteiger partial charge in [0.25, 0.3) is 0 Å². The van der Waals surface area contributed by atoms with Crippen molar-refractivity contribution in [1.29, 1.82) is 0 Å². The van der Waals surface area contributed by atoms with E-state index in [1.54, 1.807) is 36.4 Å². The number of phenols is 2. The van der Waals surface area contributed by atoms with Crippen LogP contribution in [0.4, 0.5) is 0 Å². The van der Waals surface area contributed by atoms with Gasteiger partial charge in [-0.25, -0.2) is 0 Å². The molecule has 0 saturated heterocycles. The van der Waals surface area contributed by atoms with Gasteiger partial charge in [0.2, 0.25) is 0 Å². The summed E-state index contributed by atoms with van der Waals surface area (Å²) in [5, 5.41) is 27.2. The van der Waals surface area contributed by atoms with Gasteiger partial charge in [-0.2, -0.15) is 10.2 Å². The molecule has 8 N–H and O–H groups in total. The minimum absolute atomic E-state index is 0.0397. The number of benzene rings is 2. The van der Waals surface area contributed by atoms with Crippen molar-refractivity contribution in [3.63, 3.8) is 0 Å². The van der Waals surface area contributed by atoms with Crippen LogP contribution in [0.2, 0.25) is 0 Å². The number of hydrogen-bond acceptors (Lipinski definition) is 8. The Morgan fingerprint density at radius 2 is 1.22 bits per heavy atom. The highest BCUT2D eigenvalue weighted by Gasteiger charge is 2.06. The summed E-state index contributed by atoms with van der Waals surface area (Å²) < 4.78 is 10.4. The molecule has 2 rings (SSSR count). The molecule has 12 heteroatoms. The van der Waals surface area contributed by atoms with Crippen LogP contribution < -0.4 is 31.8 Å². The third kappa shape index (κ3) is 9.45. The number of hydrogen-bond donors (Lipinski definition) is 6. The first-order valence-electron chi connectivity index (χ1n) is 9.36. The van der Waals surface area contributed by atoms with E-state index in [1.165, 1.54) is 12.4 Å². The van der Waals surface area contributed by atoms with Gasteiger partial charge in [0.05, 0.1) is 25.6 Å². The van der Waals surface area contributed by atoms with Crippen LogP contribution in [0, 0.1) is 0 Å². The van der Waals surface area contributed by atoms with E-state index < -0.39 is 0 Å². The Morgan fingerprint density at radius 3 is 1.53 bits per heavy atom. The van der Waals surface area contributed by atoms with Crippen LogP contribution >= 0.6 is 24.4 Å². The molecule has 0 unspecified atom stereocenters. The molecule has 0 aromatic heterocycles. The van der Waals surface area contributed by atoms with Gasteiger partial charge in [-0.1, -0.05) is 12.1 Å². The number of ether oxygens (including phenoxy) is 2. The maximum atomic E-state index is 9.78. The SMILES string of the molecule is CCOc1cccc(/C=N/NC(N)=S)c1O.CCOc1cccc(/C=N/NC(N)=S)c1O. The molecular weight excluding hydrogens is 452 g/mol. The van der Waals surface area contributed by atoms with Crippen LogP contribution in [0.3, 0.4) is 0 Å². The number of thiocarbonyl (C=S) groups is 2. The van der Waals surface area contributed by atoms with Crippen molar-refractivity contribution in [2.24, 2.45) is 21.7 Å². The summed E-state index contributed by atoms with van der Waals surface area (Å²) in [6.45, 7) is 4.65. The monoisotopic (exact) mass is 478 g/mol. The van der Waals surface area contributed by atoms with Crippen molar-refractivity contribution >= 4 is 47.1 Å². The topological polar surface area (TPSA) is 160 Å². The molecule has 0 radical (unpaired) electrons. The summed E-state index contributed by atoms with van der Waals surface area (Å²) in [6.07, 6.45) is 2.83. The highest BCUT2D eigenvalue weighted by Crippen LogP contribution is 2.29. The second-order valence-corrected chi connectivity index (χ2v) is 6.60. The van der Waals surface area contributed by atoms with E-state index in [0.29, 0.717) is 35.8 Å². The number of nitrogens with two attached hydrogens (primary N) is 2. The fraction of sp³-hybridized carbons (Fsp3) is 0.200. The largest absolute Gasteiger partial charge is 0.504 e.